The van der Waals surface area contributed by atoms with Crippen LogP contribution < -0.4 is 5.73 Å². The molecule has 2 N–H and O–H groups in total. The second-order valence-corrected chi connectivity index (χ2v) is 4.35. The van der Waals surface area contributed by atoms with Gasteiger partial charge in [0.1, 0.15) is 0 Å². The van der Waals surface area contributed by atoms with Crippen LogP contribution in [0.2, 0.25) is 0 Å². The van der Waals surface area contributed by atoms with Crippen LogP contribution in [-0.2, 0) is 14.3 Å². The molecule has 0 aromatic heterocycles. The predicted octanol–water partition coefficient (Wildman–Crippen LogP) is 1.84. The van der Waals surface area contributed by atoms with E-state index in [1.54, 1.807) is 0 Å². The average molecular weight is 249 g/mol. The molecule has 1 rings (SSSR count). The molecule has 0 saturated heterocycles. The van der Waals surface area contributed by atoms with E-state index in [2.05, 4.69) is 0 Å². The summed E-state index contributed by atoms with van der Waals surface area (Å²) < 4.78 is 4.93. The van der Waals surface area contributed by atoms with Crippen molar-refractivity contribution in [1.29, 1.82) is 0 Å². The van der Waals surface area contributed by atoms with Gasteiger partial charge in [0, 0.05) is 0 Å². The number of benzene rings is 1. The van der Waals surface area contributed by atoms with Crippen molar-refractivity contribution in [2.24, 2.45) is 11.7 Å². The predicted molar refractivity (Wildman–Crippen MR) is 68.8 cm³/mol. The van der Waals surface area contributed by atoms with Crippen molar-refractivity contribution >= 4 is 11.9 Å². The third kappa shape index (κ3) is 3.87. The second-order valence-electron chi connectivity index (χ2n) is 4.35. The largest absolute Gasteiger partial charge is 0.455 e. The summed E-state index contributed by atoms with van der Waals surface area (Å²) in [6.45, 7) is 3.64. The molecular weight excluding hydrogens is 230 g/mol. The zero-order chi connectivity index (χ0) is 13.5. The zero-order valence-corrected chi connectivity index (χ0v) is 10.8. The number of nitrogens with two attached hydrogens (primary N) is 1. The summed E-state index contributed by atoms with van der Waals surface area (Å²) in [5, 5.41) is 0. The Bertz CT molecular complexity index is 403. The van der Waals surface area contributed by atoms with Gasteiger partial charge in [0.25, 0.3) is 5.91 Å². The van der Waals surface area contributed by atoms with Crippen LogP contribution in [-0.4, -0.2) is 18.5 Å². The number of ether oxygens (including phenoxy) is 1. The molecule has 1 amide bonds. The minimum atomic E-state index is -0.640. The smallest absolute Gasteiger partial charge is 0.314 e. The van der Waals surface area contributed by atoms with Crippen molar-refractivity contribution in [3.8, 4) is 0 Å². The van der Waals surface area contributed by atoms with Crippen molar-refractivity contribution in [2.45, 2.75) is 26.2 Å². The third-order valence-corrected chi connectivity index (χ3v) is 2.98. The first-order valence-corrected chi connectivity index (χ1v) is 6.06. The quantitative estimate of drug-likeness (QED) is 0.782. The molecule has 1 aromatic carbocycles. The fraction of sp³-hybridized carbons (Fsp3) is 0.429. The van der Waals surface area contributed by atoms with E-state index in [9.17, 15) is 9.59 Å². The van der Waals surface area contributed by atoms with Crippen LogP contribution in [0.1, 0.15) is 31.7 Å². The van der Waals surface area contributed by atoms with Gasteiger partial charge >= 0.3 is 5.97 Å². The minimum Gasteiger partial charge on any atom is -0.455 e. The van der Waals surface area contributed by atoms with Crippen LogP contribution in [0.25, 0.3) is 0 Å². The SMILES string of the molecule is CC[C@@H](C)[C@@H](C(=O)OCC(N)=O)c1ccccc1. The summed E-state index contributed by atoms with van der Waals surface area (Å²) in [4.78, 5) is 22.7. The third-order valence-electron chi connectivity index (χ3n) is 2.98. The molecule has 0 radical (unpaired) electrons. The van der Waals surface area contributed by atoms with Gasteiger partial charge in [-0.05, 0) is 11.5 Å². The summed E-state index contributed by atoms with van der Waals surface area (Å²) in [5.41, 5.74) is 5.88. The Labute approximate surface area is 107 Å². The highest BCUT2D eigenvalue weighted by Crippen LogP contribution is 2.28. The second kappa shape index (κ2) is 6.79. The molecule has 0 spiro atoms. The molecule has 0 heterocycles. The Kier molecular flexibility index (Phi) is 5.36. The monoisotopic (exact) mass is 249 g/mol. The lowest BCUT2D eigenvalue weighted by Crippen LogP contribution is -2.27. The Balaban J connectivity index is 2.85. The molecule has 0 fully saturated rings. The van der Waals surface area contributed by atoms with Crippen molar-refractivity contribution < 1.29 is 14.3 Å². The Morgan fingerprint density at radius 1 is 1.28 bits per heavy atom. The highest BCUT2D eigenvalue weighted by molar-refractivity contribution is 5.82. The van der Waals surface area contributed by atoms with Gasteiger partial charge in [0.2, 0.25) is 0 Å². The van der Waals surface area contributed by atoms with Gasteiger partial charge in [0.15, 0.2) is 6.61 Å². The number of carbonyl (C=O) groups excluding carboxylic acids is 2. The first kappa shape index (κ1) is 14.2. The average Bonchev–Trinajstić information content (AvgIpc) is 2.37. The maximum absolute atomic E-state index is 12.0. The lowest BCUT2D eigenvalue weighted by atomic mass is 9.86. The van der Waals surface area contributed by atoms with Crippen molar-refractivity contribution in [2.75, 3.05) is 6.61 Å². The molecule has 4 nitrogen and oxygen atoms in total. The van der Waals surface area contributed by atoms with E-state index in [0.29, 0.717) is 0 Å². The number of primary amides is 1. The normalized spacial score (nSPS) is 13.7. The highest BCUT2D eigenvalue weighted by atomic mass is 16.5. The van der Waals surface area contributed by atoms with Gasteiger partial charge < -0.3 is 10.5 Å². The van der Waals surface area contributed by atoms with E-state index in [1.807, 2.05) is 44.2 Å². The summed E-state index contributed by atoms with van der Waals surface area (Å²) in [6, 6.07) is 9.44. The van der Waals surface area contributed by atoms with Gasteiger partial charge in [-0.2, -0.15) is 0 Å². The lowest BCUT2D eigenvalue weighted by Gasteiger charge is -2.21. The van der Waals surface area contributed by atoms with Gasteiger partial charge in [-0.1, -0.05) is 50.6 Å². The van der Waals surface area contributed by atoms with Gasteiger partial charge in [-0.3, -0.25) is 9.59 Å². The molecular formula is C14H19NO3. The van der Waals surface area contributed by atoms with Crippen LogP contribution in [0.3, 0.4) is 0 Å². The van der Waals surface area contributed by atoms with E-state index in [-0.39, 0.29) is 18.4 Å². The van der Waals surface area contributed by atoms with Gasteiger partial charge in [-0.25, -0.2) is 0 Å². The first-order chi connectivity index (χ1) is 8.56. The molecule has 1 aromatic rings. The first-order valence-electron chi connectivity index (χ1n) is 6.06. The number of rotatable bonds is 6. The molecule has 0 aliphatic rings. The van der Waals surface area contributed by atoms with E-state index in [1.165, 1.54) is 0 Å². The summed E-state index contributed by atoms with van der Waals surface area (Å²) in [7, 11) is 0. The fourth-order valence-electron chi connectivity index (χ4n) is 1.83. The Hall–Kier alpha value is -1.84. The number of carbonyl (C=O) groups is 2. The maximum atomic E-state index is 12.0. The highest BCUT2D eigenvalue weighted by Gasteiger charge is 2.27. The number of esters is 1. The van der Waals surface area contributed by atoms with Gasteiger partial charge in [-0.15, -0.1) is 0 Å². The fourth-order valence-corrected chi connectivity index (χ4v) is 1.83. The van der Waals surface area contributed by atoms with Crippen molar-refractivity contribution in [1.82, 2.24) is 0 Å². The number of hydrogen-bond donors (Lipinski definition) is 1. The maximum Gasteiger partial charge on any atom is 0.314 e. The molecule has 18 heavy (non-hydrogen) atoms. The Morgan fingerprint density at radius 2 is 1.89 bits per heavy atom. The van der Waals surface area contributed by atoms with E-state index < -0.39 is 11.9 Å². The molecule has 0 saturated carbocycles. The Morgan fingerprint density at radius 3 is 2.39 bits per heavy atom. The van der Waals surface area contributed by atoms with E-state index in [0.717, 1.165) is 12.0 Å². The molecule has 2 atom stereocenters. The molecule has 0 aliphatic heterocycles. The molecule has 98 valence electrons. The van der Waals surface area contributed by atoms with Crippen molar-refractivity contribution in [3.05, 3.63) is 35.9 Å². The summed E-state index contributed by atoms with van der Waals surface area (Å²) >= 11 is 0. The van der Waals surface area contributed by atoms with Crippen LogP contribution in [0.5, 0.6) is 0 Å². The van der Waals surface area contributed by atoms with Crippen LogP contribution in [0, 0.1) is 5.92 Å². The van der Waals surface area contributed by atoms with Crippen LogP contribution >= 0.6 is 0 Å². The topological polar surface area (TPSA) is 69.4 Å². The molecule has 0 aliphatic carbocycles. The number of amides is 1. The molecule has 0 bridgehead atoms. The molecule has 0 unspecified atom stereocenters. The van der Waals surface area contributed by atoms with E-state index in [4.69, 9.17) is 10.5 Å². The van der Waals surface area contributed by atoms with Crippen molar-refractivity contribution in [3.63, 3.8) is 0 Å². The van der Waals surface area contributed by atoms with E-state index >= 15 is 0 Å². The zero-order valence-electron chi connectivity index (χ0n) is 10.8. The summed E-state index contributed by atoms with van der Waals surface area (Å²) in [5.74, 6) is -1.24. The van der Waals surface area contributed by atoms with Crippen LogP contribution in [0.15, 0.2) is 30.3 Å². The molecule has 4 heteroatoms. The minimum absolute atomic E-state index is 0.146. The van der Waals surface area contributed by atoms with Crippen LogP contribution in [0.4, 0.5) is 0 Å². The summed E-state index contributed by atoms with van der Waals surface area (Å²) in [6.07, 6.45) is 0.852. The number of hydrogen-bond acceptors (Lipinski definition) is 3. The van der Waals surface area contributed by atoms with Gasteiger partial charge in [0.05, 0.1) is 5.92 Å². The lowest BCUT2D eigenvalue weighted by molar-refractivity contribution is -0.150. The standard InChI is InChI=1S/C14H19NO3/c1-3-10(2)13(11-7-5-4-6-8-11)14(17)18-9-12(15)16/h4-8,10,13H,3,9H2,1-2H3,(H2,15,16)/t10-,13-/m1/s1.